The van der Waals surface area contributed by atoms with Gasteiger partial charge in [-0.3, -0.25) is 4.79 Å². The topological polar surface area (TPSA) is 46.9 Å². The molecule has 1 aromatic heterocycles. The van der Waals surface area contributed by atoms with Gasteiger partial charge in [0, 0.05) is 25.0 Å². The van der Waals surface area contributed by atoms with Crippen LogP contribution < -0.4 is 10.9 Å². The van der Waals surface area contributed by atoms with Crippen molar-refractivity contribution in [3.63, 3.8) is 0 Å². The molecule has 110 valence electrons. The van der Waals surface area contributed by atoms with E-state index in [-0.39, 0.29) is 5.56 Å². The number of hydrogen-bond acceptors (Lipinski definition) is 3. The van der Waals surface area contributed by atoms with Gasteiger partial charge < -0.3 is 9.88 Å². The summed E-state index contributed by atoms with van der Waals surface area (Å²) < 4.78 is 1.84. The van der Waals surface area contributed by atoms with Gasteiger partial charge in [-0.2, -0.15) is 0 Å². The highest BCUT2D eigenvalue weighted by molar-refractivity contribution is 5.31. The molecule has 4 nitrogen and oxygen atoms in total. The molecule has 0 amide bonds. The number of nitrogens with one attached hydrogen (secondary N) is 1. The van der Waals surface area contributed by atoms with Gasteiger partial charge in [-0.25, -0.2) is 4.98 Å². The summed E-state index contributed by atoms with van der Waals surface area (Å²) in [6.45, 7) is 3.19. The first-order valence-corrected chi connectivity index (χ1v) is 8.09. The zero-order valence-electron chi connectivity index (χ0n) is 12.3. The first-order chi connectivity index (χ1) is 9.78. The highest BCUT2D eigenvalue weighted by Gasteiger charge is 2.25. The average molecular weight is 275 g/mol. The third kappa shape index (κ3) is 3.05. The van der Waals surface area contributed by atoms with E-state index in [0.29, 0.717) is 17.8 Å². The average Bonchev–Trinajstić information content (AvgIpc) is 3.31. The van der Waals surface area contributed by atoms with Gasteiger partial charge in [-0.1, -0.05) is 26.2 Å². The van der Waals surface area contributed by atoms with E-state index >= 15 is 0 Å². The van der Waals surface area contributed by atoms with Crippen LogP contribution in [0, 0.1) is 11.8 Å². The van der Waals surface area contributed by atoms with Gasteiger partial charge in [0.1, 0.15) is 0 Å². The van der Waals surface area contributed by atoms with Crippen LogP contribution in [0.15, 0.2) is 17.2 Å². The first-order valence-electron chi connectivity index (χ1n) is 8.09. The second-order valence-corrected chi connectivity index (χ2v) is 6.40. The van der Waals surface area contributed by atoms with E-state index in [1.807, 2.05) is 10.8 Å². The summed E-state index contributed by atoms with van der Waals surface area (Å²) in [5.74, 6) is 2.17. The minimum absolute atomic E-state index is 0.0530. The molecule has 0 spiro atoms. The van der Waals surface area contributed by atoms with Crippen LogP contribution in [0.2, 0.25) is 0 Å². The molecule has 0 atom stereocenters. The maximum Gasteiger partial charge on any atom is 0.293 e. The van der Waals surface area contributed by atoms with Crippen molar-refractivity contribution in [2.75, 3.05) is 11.9 Å². The largest absolute Gasteiger partial charge is 0.365 e. The molecule has 20 heavy (non-hydrogen) atoms. The summed E-state index contributed by atoms with van der Waals surface area (Å²) in [6, 6.07) is 0.422. The molecule has 0 unspecified atom stereocenters. The zero-order valence-corrected chi connectivity index (χ0v) is 12.3. The van der Waals surface area contributed by atoms with E-state index in [1.54, 1.807) is 6.20 Å². The lowest BCUT2D eigenvalue weighted by Crippen LogP contribution is -2.27. The van der Waals surface area contributed by atoms with Crippen LogP contribution in [0.4, 0.5) is 5.82 Å². The Balaban J connectivity index is 1.56. The molecule has 0 bridgehead atoms. The summed E-state index contributed by atoms with van der Waals surface area (Å²) in [6.07, 6.45) is 12.4. The van der Waals surface area contributed by atoms with Gasteiger partial charge >= 0.3 is 0 Å². The van der Waals surface area contributed by atoms with Crippen molar-refractivity contribution in [2.24, 2.45) is 11.8 Å². The SMILES string of the molecule is CCC1CCC(CNc2nccn(C3CC3)c2=O)CC1. The van der Waals surface area contributed by atoms with Crippen LogP contribution in [0.1, 0.15) is 57.9 Å². The molecular formula is C16H25N3O. The molecule has 0 aliphatic heterocycles. The Bertz CT molecular complexity index is 499. The summed E-state index contributed by atoms with van der Waals surface area (Å²) in [5, 5.41) is 3.29. The standard InChI is InChI=1S/C16H25N3O/c1-2-12-3-5-13(6-4-12)11-18-15-16(20)19(10-9-17-15)14-7-8-14/h9-10,12-14H,2-8,11H2,1H3,(H,17,18). The molecule has 0 saturated heterocycles. The van der Waals surface area contributed by atoms with Crippen molar-refractivity contribution in [3.05, 3.63) is 22.7 Å². The Morgan fingerprint density at radius 2 is 1.90 bits per heavy atom. The van der Waals surface area contributed by atoms with E-state index in [0.717, 1.165) is 25.3 Å². The zero-order chi connectivity index (χ0) is 13.9. The second kappa shape index (κ2) is 5.98. The first kappa shape index (κ1) is 13.7. The van der Waals surface area contributed by atoms with Crippen LogP contribution in [-0.4, -0.2) is 16.1 Å². The minimum Gasteiger partial charge on any atom is -0.365 e. The van der Waals surface area contributed by atoms with E-state index in [1.165, 1.54) is 32.1 Å². The van der Waals surface area contributed by atoms with Crippen molar-refractivity contribution < 1.29 is 0 Å². The van der Waals surface area contributed by atoms with Crippen LogP contribution in [0.25, 0.3) is 0 Å². The monoisotopic (exact) mass is 275 g/mol. The van der Waals surface area contributed by atoms with E-state index < -0.39 is 0 Å². The molecule has 0 radical (unpaired) electrons. The quantitative estimate of drug-likeness (QED) is 0.897. The number of rotatable bonds is 5. The van der Waals surface area contributed by atoms with E-state index in [9.17, 15) is 4.79 Å². The van der Waals surface area contributed by atoms with Crippen molar-refractivity contribution in [1.29, 1.82) is 0 Å². The molecule has 2 fully saturated rings. The van der Waals surface area contributed by atoms with Crippen LogP contribution in [-0.2, 0) is 0 Å². The molecular weight excluding hydrogens is 250 g/mol. The Morgan fingerprint density at radius 1 is 1.20 bits per heavy atom. The Morgan fingerprint density at radius 3 is 2.55 bits per heavy atom. The molecule has 2 aliphatic rings. The van der Waals surface area contributed by atoms with Gasteiger partial charge in [0.25, 0.3) is 5.56 Å². The number of nitrogens with zero attached hydrogens (tertiary/aromatic N) is 2. The van der Waals surface area contributed by atoms with Crippen LogP contribution >= 0.6 is 0 Å². The molecule has 2 aliphatic carbocycles. The lowest BCUT2D eigenvalue weighted by Gasteiger charge is -2.27. The number of hydrogen-bond donors (Lipinski definition) is 1. The number of aromatic nitrogens is 2. The number of anilines is 1. The fraction of sp³-hybridized carbons (Fsp3) is 0.750. The maximum atomic E-state index is 12.3. The normalized spacial score (nSPS) is 26.4. The van der Waals surface area contributed by atoms with Crippen molar-refractivity contribution in [1.82, 2.24) is 9.55 Å². The fourth-order valence-electron chi connectivity index (χ4n) is 3.27. The van der Waals surface area contributed by atoms with Gasteiger partial charge in [0.15, 0.2) is 5.82 Å². The molecule has 0 aromatic carbocycles. The van der Waals surface area contributed by atoms with Gasteiger partial charge in [-0.05, 0) is 37.5 Å². The second-order valence-electron chi connectivity index (χ2n) is 6.40. The van der Waals surface area contributed by atoms with Gasteiger partial charge in [0.05, 0.1) is 0 Å². The van der Waals surface area contributed by atoms with Crippen molar-refractivity contribution in [3.8, 4) is 0 Å². The fourth-order valence-corrected chi connectivity index (χ4v) is 3.27. The van der Waals surface area contributed by atoms with Gasteiger partial charge in [0.2, 0.25) is 0 Å². The third-order valence-corrected chi connectivity index (χ3v) is 4.91. The maximum absolute atomic E-state index is 12.3. The van der Waals surface area contributed by atoms with E-state index in [2.05, 4.69) is 17.2 Å². The molecule has 1 N–H and O–H groups in total. The molecule has 3 rings (SSSR count). The molecule has 1 heterocycles. The molecule has 1 aromatic rings. The minimum atomic E-state index is 0.0530. The molecule has 2 saturated carbocycles. The summed E-state index contributed by atoms with van der Waals surface area (Å²) in [4.78, 5) is 16.5. The van der Waals surface area contributed by atoms with Crippen LogP contribution in [0.5, 0.6) is 0 Å². The highest BCUT2D eigenvalue weighted by atomic mass is 16.1. The Kier molecular flexibility index (Phi) is 4.08. The Labute approximate surface area is 120 Å². The summed E-state index contributed by atoms with van der Waals surface area (Å²) in [5.41, 5.74) is 0.0530. The summed E-state index contributed by atoms with van der Waals surface area (Å²) in [7, 11) is 0. The Hall–Kier alpha value is -1.32. The van der Waals surface area contributed by atoms with Crippen molar-refractivity contribution >= 4 is 5.82 Å². The molecule has 4 heteroatoms. The third-order valence-electron chi connectivity index (χ3n) is 4.91. The smallest absolute Gasteiger partial charge is 0.293 e. The lowest BCUT2D eigenvalue weighted by molar-refractivity contribution is 0.278. The van der Waals surface area contributed by atoms with Crippen LogP contribution in [0.3, 0.4) is 0 Å². The van der Waals surface area contributed by atoms with E-state index in [4.69, 9.17) is 0 Å². The predicted molar refractivity (Wildman–Crippen MR) is 81.0 cm³/mol. The van der Waals surface area contributed by atoms with Gasteiger partial charge in [-0.15, -0.1) is 0 Å². The highest BCUT2D eigenvalue weighted by Crippen LogP contribution is 2.33. The summed E-state index contributed by atoms with van der Waals surface area (Å²) >= 11 is 0. The predicted octanol–water partition coefficient (Wildman–Crippen LogP) is 3.21. The van der Waals surface area contributed by atoms with Crippen molar-refractivity contribution in [2.45, 2.75) is 57.9 Å². The lowest BCUT2D eigenvalue weighted by atomic mass is 9.81.